The van der Waals surface area contributed by atoms with Crippen molar-refractivity contribution in [2.24, 2.45) is 0 Å². The van der Waals surface area contributed by atoms with Crippen molar-refractivity contribution < 1.29 is 31.1 Å². The van der Waals surface area contributed by atoms with Crippen LogP contribution in [0.25, 0.3) is 0 Å². The maximum Gasteiger partial charge on any atom is 0.434 e. The van der Waals surface area contributed by atoms with Gasteiger partial charge in [-0.1, -0.05) is 0 Å². The van der Waals surface area contributed by atoms with Crippen LogP contribution < -0.4 is 10.1 Å². The van der Waals surface area contributed by atoms with Crippen LogP contribution in [-0.4, -0.2) is 35.0 Å². The molecule has 1 heterocycles. The second-order valence-electron chi connectivity index (χ2n) is 4.16. The standard InChI is InChI=1S/C11H13F6N3O/c1-4-18-7-5(2)8(20-6(3)19-7)21-9(10(12,13)14)11(15,16)17/h9H,4H2,1-3H3,(H,18,19,20). The summed E-state index contributed by atoms with van der Waals surface area (Å²) in [5.41, 5.74) is -0.0269. The molecule has 1 aromatic heterocycles. The summed E-state index contributed by atoms with van der Waals surface area (Å²) in [7, 11) is 0. The highest BCUT2D eigenvalue weighted by atomic mass is 19.4. The smallest absolute Gasteiger partial charge is 0.434 e. The van der Waals surface area contributed by atoms with Crippen molar-refractivity contribution in [3.05, 3.63) is 11.4 Å². The van der Waals surface area contributed by atoms with Crippen molar-refractivity contribution in [2.45, 2.75) is 39.2 Å². The fourth-order valence-corrected chi connectivity index (χ4v) is 1.49. The fraction of sp³-hybridized carbons (Fsp3) is 0.636. The Morgan fingerprint density at radius 3 is 2.00 bits per heavy atom. The van der Waals surface area contributed by atoms with Crippen LogP contribution >= 0.6 is 0 Å². The molecule has 0 spiro atoms. The van der Waals surface area contributed by atoms with Crippen LogP contribution in [0.15, 0.2) is 0 Å². The number of nitrogens with one attached hydrogen (secondary N) is 1. The van der Waals surface area contributed by atoms with Gasteiger partial charge in [-0.05, 0) is 20.8 Å². The average Bonchev–Trinajstić information content (AvgIpc) is 2.28. The predicted octanol–water partition coefficient (Wildman–Crippen LogP) is 3.40. The van der Waals surface area contributed by atoms with Crippen molar-refractivity contribution in [2.75, 3.05) is 11.9 Å². The van der Waals surface area contributed by atoms with Gasteiger partial charge in [-0.2, -0.15) is 31.3 Å². The minimum absolute atomic E-state index is 0.00495. The lowest BCUT2D eigenvalue weighted by molar-refractivity contribution is -0.300. The first kappa shape index (κ1) is 17.3. The predicted molar refractivity (Wildman–Crippen MR) is 62.2 cm³/mol. The summed E-state index contributed by atoms with van der Waals surface area (Å²) in [5.74, 6) is -0.629. The van der Waals surface area contributed by atoms with Crippen LogP contribution in [0, 0.1) is 13.8 Å². The van der Waals surface area contributed by atoms with Gasteiger partial charge in [-0.15, -0.1) is 0 Å². The Kier molecular flexibility index (Phi) is 4.90. The number of ether oxygens (including phenoxy) is 1. The number of halogens is 6. The second-order valence-corrected chi connectivity index (χ2v) is 4.16. The van der Waals surface area contributed by atoms with E-state index in [1.807, 2.05) is 0 Å². The molecule has 0 bridgehead atoms. The molecule has 0 unspecified atom stereocenters. The first-order valence-electron chi connectivity index (χ1n) is 5.86. The molecular weight excluding hydrogens is 304 g/mol. The Hall–Kier alpha value is -1.74. The zero-order valence-electron chi connectivity index (χ0n) is 11.4. The number of nitrogens with zero attached hydrogens (tertiary/aromatic N) is 2. The van der Waals surface area contributed by atoms with Crippen LogP contribution in [-0.2, 0) is 0 Å². The minimum atomic E-state index is -5.60. The van der Waals surface area contributed by atoms with E-state index in [1.54, 1.807) is 6.92 Å². The lowest BCUT2D eigenvalue weighted by Gasteiger charge is -2.24. The number of aryl methyl sites for hydroxylation is 1. The van der Waals surface area contributed by atoms with Gasteiger partial charge in [0.05, 0.1) is 5.56 Å². The number of hydrogen-bond donors (Lipinski definition) is 1. The Bertz CT molecular complexity index is 486. The van der Waals surface area contributed by atoms with Gasteiger partial charge in [0.1, 0.15) is 11.6 Å². The molecule has 4 nitrogen and oxygen atoms in total. The molecule has 0 radical (unpaired) electrons. The molecule has 0 aliphatic carbocycles. The Labute approximate surface area is 116 Å². The molecule has 0 saturated heterocycles. The Morgan fingerprint density at radius 1 is 1.05 bits per heavy atom. The van der Waals surface area contributed by atoms with Crippen LogP contribution in [0.4, 0.5) is 32.2 Å². The largest absolute Gasteiger partial charge is 0.454 e. The third-order valence-corrected chi connectivity index (χ3v) is 2.38. The molecule has 21 heavy (non-hydrogen) atoms. The summed E-state index contributed by atoms with van der Waals surface area (Å²) in [4.78, 5) is 7.40. The van der Waals surface area contributed by atoms with E-state index in [9.17, 15) is 26.3 Å². The molecule has 0 amide bonds. The topological polar surface area (TPSA) is 47.0 Å². The third kappa shape index (κ3) is 4.36. The monoisotopic (exact) mass is 317 g/mol. The first-order valence-corrected chi connectivity index (χ1v) is 5.86. The van der Waals surface area contributed by atoms with Gasteiger partial charge in [0.2, 0.25) is 5.88 Å². The number of rotatable bonds is 4. The van der Waals surface area contributed by atoms with Crippen molar-refractivity contribution in [3.8, 4) is 5.88 Å². The maximum atomic E-state index is 12.5. The lowest BCUT2D eigenvalue weighted by atomic mass is 10.3. The van der Waals surface area contributed by atoms with Gasteiger partial charge < -0.3 is 10.1 Å². The van der Waals surface area contributed by atoms with Crippen LogP contribution in [0.1, 0.15) is 18.3 Å². The molecule has 1 rings (SSSR count). The van der Waals surface area contributed by atoms with E-state index in [0.717, 1.165) is 0 Å². The van der Waals surface area contributed by atoms with Crippen LogP contribution in [0.5, 0.6) is 5.88 Å². The molecule has 0 saturated carbocycles. The normalized spacial score (nSPS) is 12.7. The summed E-state index contributed by atoms with van der Waals surface area (Å²) in [6.07, 6.45) is -15.1. The highest BCUT2D eigenvalue weighted by Gasteiger charge is 2.59. The van der Waals surface area contributed by atoms with Gasteiger partial charge >= 0.3 is 12.4 Å². The molecule has 0 aromatic carbocycles. The lowest BCUT2D eigenvalue weighted by Crippen LogP contribution is -2.46. The molecule has 1 aromatic rings. The molecule has 10 heteroatoms. The second kappa shape index (κ2) is 5.94. The van der Waals surface area contributed by atoms with E-state index in [0.29, 0.717) is 6.54 Å². The molecule has 0 fully saturated rings. The van der Waals surface area contributed by atoms with Crippen LogP contribution in [0.2, 0.25) is 0 Å². The summed E-state index contributed by atoms with van der Waals surface area (Å²) >= 11 is 0. The van der Waals surface area contributed by atoms with Gasteiger partial charge in [-0.3, -0.25) is 0 Å². The fourth-order valence-electron chi connectivity index (χ4n) is 1.49. The molecule has 0 aliphatic rings. The minimum Gasteiger partial charge on any atom is -0.454 e. The quantitative estimate of drug-likeness (QED) is 0.865. The van der Waals surface area contributed by atoms with E-state index < -0.39 is 24.3 Å². The molecular formula is C11H13F6N3O. The van der Waals surface area contributed by atoms with Crippen molar-refractivity contribution in [1.29, 1.82) is 0 Å². The van der Waals surface area contributed by atoms with Crippen LogP contribution in [0.3, 0.4) is 0 Å². The van der Waals surface area contributed by atoms with E-state index in [-0.39, 0.29) is 17.2 Å². The highest BCUT2D eigenvalue weighted by molar-refractivity contribution is 5.48. The van der Waals surface area contributed by atoms with Gasteiger partial charge in [0.25, 0.3) is 6.10 Å². The van der Waals surface area contributed by atoms with Crippen molar-refractivity contribution in [1.82, 2.24) is 9.97 Å². The highest BCUT2D eigenvalue weighted by Crippen LogP contribution is 2.37. The number of anilines is 1. The average molecular weight is 317 g/mol. The molecule has 120 valence electrons. The number of alkyl halides is 6. The van der Waals surface area contributed by atoms with Gasteiger partial charge in [0, 0.05) is 6.54 Å². The Balaban J connectivity index is 3.21. The molecule has 0 aliphatic heterocycles. The zero-order valence-corrected chi connectivity index (χ0v) is 11.4. The van der Waals surface area contributed by atoms with Gasteiger partial charge in [-0.25, -0.2) is 4.98 Å². The number of aromatic nitrogens is 2. The maximum absolute atomic E-state index is 12.5. The molecule has 1 N–H and O–H groups in total. The van der Waals surface area contributed by atoms with Gasteiger partial charge in [0.15, 0.2) is 0 Å². The van der Waals surface area contributed by atoms with E-state index >= 15 is 0 Å². The first-order chi connectivity index (χ1) is 9.46. The number of hydrogen-bond acceptors (Lipinski definition) is 4. The SMILES string of the molecule is CCNc1nc(C)nc(OC(C(F)(F)F)C(F)(F)F)c1C. The molecule has 0 atom stereocenters. The zero-order chi connectivity index (χ0) is 16.4. The van der Waals surface area contributed by atoms with Crippen molar-refractivity contribution >= 4 is 5.82 Å². The summed E-state index contributed by atoms with van der Waals surface area (Å²) < 4.78 is 79.0. The summed E-state index contributed by atoms with van der Waals surface area (Å²) in [6, 6.07) is 0. The summed E-state index contributed by atoms with van der Waals surface area (Å²) in [6.45, 7) is 4.70. The Morgan fingerprint density at radius 2 is 1.57 bits per heavy atom. The summed E-state index contributed by atoms with van der Waals surface area (Å²) in [5, 5.41) is 2.71. The van der Waals surface area contributed by atoms with E-state index in [1.165, 1.54) is 13.8 Å². The van der Waals surface area contributed by atoms with Crippen molar-refractivity contribution in [3.63, 3.8) is 0 Å². The van der Waals surface area contributed by atoms with E-state index in [2.05, 4.69) is 20.0 Å². The van der Waals surface area contributed by atoms with E-state index in [4.69, 9.17) is 0 Å². The third-order valence-electron chi connectivity index (χ3n) is 2.38.